The quantitative estimate of drug-likeness (QED) is 0.870. The Balaban J connectivity index is 1.77. The SMILES string of the molecule is Nc1cc(C(=O)OCC2CCCC2)nc2ccccc12. The van der Waals surface area contributed by atoms with Crippen LogP contribution in [-0.2, 0) is 4.74 Å². The van der Waals surface area contributed by atoms with E-state index in [1.165, 1.54) is 12.8 Å². The molecule has 0 amide bonds. The predicted molar refractivity (Wildman–Crippen MR) is 78.4 cm³/mol. The molecule has 4 nitrogen and oxygen atoms in total. The van der Waals surface area contributed by atoms with E-state index in [9.17, 15) is 4.79 Å². The number of nitrogens with zero attached hydrogens (tertiary/aromatic N) is 1. The monoisotopic (exact) mass is 270 g/mol. The summed E-state index contributed by atoms with van der Waals surface area (Å²) >= 11 is 0. The Kier molecular flexibility index (Phi) is 3.54. The fourth-order valence-corrected chi connectivity index (χ4v) is 2.75. The van der Waals surface area contributed by atoms with E-state index < -0.39 is 0 Å². The second kappa shape index (κ2) is 5.49. The number of rotatable bonds is 3. The van der Waals surface area contributed by atoms with Crippen LogP contribution in [0.2, 0.25) is 0 Å². The molecule has 1 saturated carbocycles. The van der Waals surface area contributed by atoms with Crippen molar-refractivity contribution in [3.8, 4) is 0 Å². The van der Waals surface area contributed by atoms with Crippen LogP contribution in [0.4, 0.5) is 5.69 Å². The topological polar surface area (TPSA) is 65.2 Å². The number of para-hydroxylation sites is 1. The van der Waals surface area contributed by atoms with Crippen molar-refractivity contribution >= 4 is 22.6 Å². The molecule has 0 radical (unpaired) electrons. The largest absolute Gasteiger partial charge is 0.461 e. The van der Waals surface area contributed by atoms with Crippen LogP contribution in [0.25, 0.3) is 10.9 Å². The van der Waals surface area contributed by atoms with E-state index in [1.54, 1.807) is 6.07 Å². The smallest absolute Gasteiger partial charge is 0.357 e. The number of ether oxygens (including phenoxy) is 1. The minimum atomic E-state index is -0.380. The van der Waals surface area contributed by atoms with Gasteiger partial charge < -0.3 is 10.5 Å². The van der Waals surface area contributed by atoms with E-state index in [4.69, 9.17) is 10.5 Å². The maximum atomic E-state index is 12.1. The van der Waals surface area contributed by atoms with Gasteiger partial charge in [0.05, 0.1) is 12.1 Å². The summed E-state index contributed by atoms with van der Waals surface area (Å²) in [5, 5.41) is 0.861. The van der Waals surface area contributed by atoms with Gasteiger partial charge >= 0.3 is 5.97 Å². The summed E-state index contributed by atoms with van der Waals surface area (Å²) in [6, 6.07) is 9.12. The summed E-state index contributed by atoms with van der Waals surface area (Å²) in [6.07, 6.45) is 4.79. The van der Waals surface area contributed by atoms with E-state index in [0.29, 0.717) is 23.9 Å². The van der Waals surface area contributed by atoms with Crippen molar-refractivity contribution in [2.75, 3.05) is 12.3 Å². The molecule has 3 rings (SSSR count). The van der Waals surface area contributed by atoms with Crippen LogP contribution in [-0.4, -0.2) is 17.6 Å². The van der Waals surface area contributed by atoms with Crippen molar-refractivity contribution < 1.29 is 9.53 Å². The van der Waals surface area contributed by atoms with Crippen LogP contribution in [0.5, 0.6) is 0 Å². The zero-order valence-electron chi connectivity index (χ0n) is 11.3. The van der Waals surface area contributed by atoms with E-state index in [1.807, 2.05) is 24.3 Å². The first-order valence-electron chi connectivity index (χ1n) is 7.06. The number of aromatic nitrogens is 1. The van der Waals surface area contributed by atoms with Gasteiger partial charge in [-0.05, 0) is 30.9 Å². The molecule has 1 aliphatic carbocycles. The number of nitrogen functional groups attached to an aromatic ring is 1. The average molecular weight is 270 g/mol. The Morgan fingerprint density at radius 2 is 2.05 bits per heavy atom. The maximum absolute atomic E-state index is 12.1. The summed E-state index contributed by atoms with van der Waals surface area (Å²) in [5.41, 5.74) is 7.54. The standard InChI is InChI=1S/C16H18N2O2/c17-13-9-15(18-14-8-4-3-7-12(13)14)16(19)20-10-11-5-1-2-6-11/h3-4,7-9,11H,1-2,5-6,10H2,(H2,17,18). The third-order valence-electron chi connectivity index (χ3n) is 3.88. The molecule has 20 heavy (non-hydrogen) atoms. The second-order valence-electron chi connectivity index (χ2n) is 5.36. The van der Waals surface area contributed by atoms with Gasteiger partial charge in [-0.3, -0.25) is 0 Å². The highest BCUT2D eigenvalue weighted by Gasteiger charge is 2.18. The van der Waals surface area contributed by atoms with E-state index in [0.717, 1.165) is 23.7 Å². The number of hydrogen-bond donors (Lipinski definition) is 1. The van der Waals surface area contributed by atoms with Crippen molar-refractivity contribution in [1.29, 1.82) is 0 Å². The normalized spacial score (nSPS) is 15.6. The molecule has 0 saturated heterocycles. The van der Waals surface area contributed by atoms with Gasteiger partial charge in [-0.1, -0.05) is 31.0 Å². The molecule has 0 bridgehead atoms. The summed E-state index contributed by atoms with van der Waals surface area (Å²) < 4.78 is 5.36. The lowest BCUT2D eigenvalue weighted by atomic mass is 10.1. The number of esters is 1. The first kappa shape index (κ1) is 12.9. The van der Waals surface area contributed by atoms with Crippen LogP contribution >= 0.6 is 0 Å². The second-order valence-corrected chi connectivity index (χ2v) is 5.36. The van der Waals surface area contributed by atoms with Gasteiger partial charge in [0, 0.05) is 11.1 Å². The molecule has 2 N–H and O–H groups in total. The lowest BCUT2D eigenvalue weighted by Crippen LogP contribution is -2.13. The minimum Gasteiger partial charge on any atom is -0.461 e. The molecule has 4 heteroatoms. The lowest BCUT2D eigenvalue weighted by molar-refractivity contribution is 0.0436. The van der Waals surface area contributed by atoms with Crippen LogP contribution < -0.4 is 5.73 Å². The molecule has 1 aromatic heterocycles. The summed E-state index contributed by atoms with van der Waals surface area (Å²) in [5.74, 6) is 0.131. The fraction of sp³-hybridized carbons (Fsp3) is 0.375. The number of carbonyl (C=O) groups is 1. The molecule has 1 aromatic carbocycles. The summed E-state index contributed by atoms with van der Waals surface area (Å²) in [6.45, 7) is 0.493. The number of carbonyl (C=O) groups excluding carboxylic acids is 1. The predicted octanol–water partition coefficient (Wildman–Crippen LogP) is 3.16. The van der Waals surface area contributed by atoms with Crippen molar-refractivity contribution in [2.45, 2.75) is 25.7 Å². The van der Waals surface area contributed by atoms with Crippen molar-refractivity contribution in [2.24, 2.45) is 5.92 Å². The zero-order chi connectivity index (χ0) is 13.9. The summed E-state index contributed by atoms with van der Waals surface area (Å²) in [4.78, 5) is 16.4. The molecular weight excluding hydrogens is 252 g/mol. The van der Waals surface area contributed by atoms with Crippen LogP contribution in [0, 0.1) is 5.92 Å². The minimum absolute atomic E-state index is 0.291. The highest BCUT2D eigenvalue weighted by atomic mass is 16.5. The van der Waals surface area contributed by atoms with E-state index in [-0.39, 0.29) is 5.97 Å². The first-order chi connectivity index (χ1) is 9.74. The van der Waals surface area contributed by atoms with Crippen LogP contribution in [0.15, 0.2) is 30.3 Å². The lowest BCUT2D eigenvalue weighted by Gasteiger charge is -2.10. The highest BCUT2D eigenvalue weighted by Crippen LogP contribution is 2.25. The number of anilines is 1. The zero-order valence-corrected chi connectivity index (χ0v) is 11.3. The van der Waals surface area contributed by atoms with Crippen molar-refractivity contribution in [3.63, 3.8) is 0 Å². The molecule has 104 valence electrons. The Morgan fingerprint density at radius 1 is 1.30 bits per heavy atom. The number of fused-ring (bicyclic) bond motifs is 1. The molecule has 0 aliphatic heterocycles. The molecule has 1 fully saturated rings. The first-order valence-corrected chi connectivity index (χ1v) is 7.06. The molecular formula is C16H18N2O2. The van der Waals surface area contributed by atoms with Gasteiger partial charge in [0.25, 0.3) is 0 Å². The number of benzene rings is 1. The Labute approximate surface area is 117 Å². The third-order valence-corrected chi connectivity index (χ3v) is 3.88. The van der Waals surface area contributed by atoms with Gasteiger partial charge in [0.15, 0.2) is 5.69 Å². The molecule has 2 aromatic rings. The van der Waals surface area contributed by atoms with Crippen molar-refractivity contribution in [1.82, 2.24) is 4.98 Å². The molecule has 0 unspecified atom stereocenters. The van der Waals surface area contributed by atoms with Gasteiger partial charge in [0.1, 0.15) is 0 Å². The van der Waals surface area contributed by atoms with Crippen LogP contribution in [0.3, 0.4) is 0 Å². The Morgan fingerprint density at radius 3 is 2.85 bits per heavy atom. The molecule has 0 spiro atoms. The van der Waals surface area contributed by atoms with Gasteiger partial charge in [-0.2, -0.15) is 0 Å². The third kappa shape index (κ3) is 2.59. The maximum Gasteiger partial charge on any atom is 0.357 e. The summed E-state index contributed by atoms with van der Waals surface area (Å²) in [7, 11) is 0. The van der Waals surface area contributed by atoms with Gasteiger partial charge in [-0.25, -0.2) is 9.78 Å². The molecule has 1 aliphatic rings. The van der Waals surface area contributed by atoms with Gasteiger partial charge in [-0.15, -0.1) is 0 Å². The molecule has 0 atom stereocenters. The Bertz CT molecular complexity index is 633. The van der Waals surface area contributed by atoms with Gasteiger partial charge in [0.2, 0.25) is 0 Å². The van der Waals surface area contributed by atoms with Crippen molar-refractivity contribution in [3.05, 3.63) is 36.0 Å². The highest BCUT2D eigenvalue weighted by molar-refractivity contribution is 5.96. The van der Waals surface area contributed by atoms with Crippen LogP contribution in [0.1, 0.15) is 36.2 Å². The number of nitrogens with two attached hydrogens (primary N) is 1. The number of hydrogen-bond acceptors (Lipinski definition) is 4. The Hall–Kier alpha value is -2.10. The average Bonchev–Trinajstić information content (AvgIpc) is 2.98. The van der Waals surface area contributed by atoms with E-state index in [2.05, 4.69) is 4.98 Å². The molecule has 1 heterocycles. The fourth-order valence-electron chi connectivity index (χ4n) is 2.75. The number of pyridine rings is 1. The van der Waals surface area contributed by atoms with E-state index >= 15 is 0 Å².